The van der Waals surface area contributed by atoms with E-state index in [-0.39, 0.29) is 16.1 Å². The van der Waals surface area contributed by atoms with E-state index in [2.05, 4.69) is 12.6 Å². The van der Waals surface area contributed by atoms with Crippen LogP contribution in [0.5, 0.6) is 0 Å². The van der Waals surface area contributed by atoms with Crippen molar-refractivity contribution in [3.63, 3.8) is 0 Å². The quantitative estimate of drug-likeness (QED) is 0.262. The fraction of sp³-hybridized carbons (Fsp3) is 1.00. The van der Waals surface area contributed by atoms with Crippen LogP contribution in [0.2, 0.25) is 6.04 Å². The van der Waals surface area contributed by atoms with Gasteiger partial charge in [0.25, 0.3) is 0 Å². The van der Waals surface area contributed by atoms with Crippen molar-refractivity contribution in [3.8, 4) is 0 Å². The highest BCUT2D eigenvalue weighted by molar-refractivity contribution is 7.80. The Labute approximate surface area is 101 Å². The Morgan fingerprint density at radius 2 is 1.87 bits per heavy atom. The first-order chi connectivity index (χ1) is 7.35. The minimum atomic E-state index is -0.331. The van der Waals surface area contributed by atoms with Gasteiger partial charge in [0.15, 0.2) is 16.1 Å². The third kappa shape index (κ3) is 10.7. The summed E-state index contributed by atoms with van der Waals surface area (Å²) in [5, 5.41) is 0. The highest BCUT2D eigenvalue weighted by Gasteiger charge is 2.06. The first-order valence-electron chi connectivity index (χ1n) is 5.76. The molecule has 0 aromatic carbocycles. The molecule has 0 heterocycles. The molecule has 0 radical (unpaired) electrons. The van der Waals surface area contributed by atoms with Gasteiger partial charge in [0, 0.05) is 26.2 Å². The third-order valence-electron chi connectivity index (χ3n) is 1.90. The summed E-state index contributed by atoms with van der Waals surface area (Å²) in [5.41, 5.74) is 0. The smallest absolute Gasteiger partial charge is 0.161 e. The van der Waals surface area contributed by atoms with Crippen molar-refractivity contribution in [2.24, 2.45) is 0 Å². The molecule has 0 bridgehead atoms. The largest absolute Gasteiger partial charge is 0.424 e. The molecule has 15 heavy (non-hydrogen) atoms. The molecule has 92 valence electrons. The highest BCUT2D eigenvalue weighted by Crippen LogP contribution is 2.01. The maximum Gasteiger partial charge on any atom is 0.161 e. The van der Waals surface area contributed by atoms with Crippen LogP contribution < -0.4 is 0 Å². The molecule has 0 saturated carbocycles. The Balaban J connectivity index is 3.28. The van der Waals surface area contributed by atoms with Crippen LogP contribution in [0.3, 0.4) is 0 Å². The normalized spacial score (nSPS) is 12.0. The van der Waals surface area contributed by atoms with Crippen LogP contribution in [-0.2, 0) is 13.9 Å². The first kappa shape index (κ1) is 15.4. The van der Waals surface area contributed by atoms with Gasteiger partial charge in [0.1, 0.15) is 0 Å². The van der Waals surface area contributed by atoms with Gasteiger partial charge in [0.2, 0.25) is 0 Å². The predicted molar refractivity (Wildman–Crippen MR) is 69.4 cm³/mol. The molecule has 0 aromatic rings. The molecule has 0 unspecified atom stereocenters. The Kier molecular flexibility index (Phi) is 12.9. The van der Waals surface area contributed by atoms with E-state index in [1.807, 2.05) is 13.8 Å². The zero-order valence-corrected chi connectivity index (χ0v) is 12.2. The summed E-state index contributed by atoms with van der Waals surface area (Å²) in [6.45, 7) is 6.12. The van der Waals surface area contributed by atoms with Crippen molar-refractivity contribution in [2.45, 2.75) is 39.0 Å². The zero-order chi connectivity index (χ0) is 11.4. The highest BCUT2D eigenvalue weighted by atomic mass is 32.1. The Hall–Kier alpha value is 0.447. The monoisotopic (exact) mass is 252 g/mol. The van der Waals surface area contributed by atoms with E-state index < -0.39 is 0 Å². The molecular formula is C10H24O3SSi. The molecule has 0 atom stereocenters. The van der Waals surface area contributed by atoms with Crippen LogP contribution in [0.4, 0.5) is 0 Å². The Morgan fingerprint density at radius 1 is 1.20 bits per heavy atom. The summed E-state index contributed by atoms with van der Waals surface area (Å²) in [4.78, 5) is 0. The van der Waals surface area contributed by atoms with Gasteiger partial charge in [-0.05, 0) is 32.1 Å². The van der Waals surface area contributed by atoms with Crippen LogP contribution >= 0.6 is 12.6 Å². The van der Waals surface area contributed by atoms with Crippen LogP contribution in [0, 0.1) is 0 Å². The third-order valence-corrected chi connectivity index (χ3v) is 3.58. The second-order valence-corrected chi connectivity index (χ2v) is 5.14. The summed E-state index contributed by atoms with van der Waals surface area (Å²) in [5.74, 6) is 0.969. The summed E-state index contributed by atoms with van der Waals surface area (Å²) >= 11 is 4.16. The van der Waals surface area contributed by atoms with Crippen LogP contribution in [0.25, 0.3) is 0 Å². The van der Waals surface area contributed by atoms with Crippen molar-refractivity contribution in [1.82, 2.24) is 0 Å². The molecule has 0 rings (SSSR count). The van der Waals surface area contributed by atoms with Gasteiger partial charge in [0.05, 0.1) is 0 Å². The van der Waals surface area contributed by atoms with Gasteiger partial charge >= 0.3 is 0 Å². The van der Waals surface area contributed by atoms with Gasteiger partial charge < -0.3 is 13.9 Å². The van der Waals surface area contributed by atoms with E-state index in [0.29, 0.717) is 13.2 Å². The topological polar surface area (TPSA) is 27.7 Å². The number of ether oxygens (including phenoxy) is 2. The number of thiol groups is 1. The molecule has 0 N–H and O–H groups in total. The molecule has 0 aliphatic rings. The lowest BCUT2D eigenvalue weighted by Gasteiger charge is -2.16. The van der Waals surface area contributed by atoms with Crippen molar-refractivity contribution >= 4 is 22.4 Å². The predicted octanol–water partition coefficient (Wildman–Crippen LogP) is 1.61. The second-order valence-electron chi connectivity index (χ2n) is 3.17. The van der Waals surface area contributed by atoms with Gasteiger partial charge in [-0.15, -0.1) is 0 Å². The molecule has 0 aliphatic carbocycles. The van der Waals surface area contributed by atoms with Gasteiger partial charge in [-0.2, -0.15) is 12.6 Å². The molecule has 0 aliphatic heterocycles. The van der Waals surface area contributed by atoms with E-state index in [9.17, 15) is 0 Å². The molecule has 0 fully saturated rings. The van der Waals surface area contributed by atoms with Crippen molar-refractivity contribution in [3.05, 3.63) is 0 Å². The average Bonchev–Trinajstić information content (AvgIpc) is 2.24. The van der Waals surface area contributed by atoms with Crippen molar-refractivity contribution in [2.75, 3.05) is 25.6 Å². The maximum absolute atomic E-state index is 5.60. The summed E-state index contributed by atoms with van der Waals surface area (Å²) in [6, 6.07) is 1.22. The van der Waals surface area contributed by atoms with E-state index in [1.165, 1.54) is 12.5 Å². The van der Waals surface area contributed by atoms with E-state index >= 15 is 0 Å². The second kappa shape index (κ2) is 12.5. The lowest BCUT2D eigenvalue weighted by atomic mass is 10.4. The summed E-state index contributed by atoms with van der Waals surface area (Å²) < 4.78 is 16.4. The number of hydrogen-bond donors (Lipinski definition) is 1. The standard InChI is InChI=1S/C10H24O3SSi/c1-3-11-10(12-4-2)6-7-13-15-9-5-8-14/h10,14H,3-9,15H2,1-2H3. The average molecular weight is 252 g/mol. The molecule has 0 spiro atoms. The summed E-state index contributed by atoms with van der Waals surface area (Å²) in [7, 11) is -0.331. The first-order valence-corrected chi connectivity index (χ1v) is 7.97. The minimum absolute atomic E-state index is 0.0844. The van der Waals surface area contributed by atoms with E-state index in [4.69, 9.17) is 13.9 Å². The summed E-state index contributed by atoms with van der Waals surface area (Å²) in [6.07, 6.45) is 1.93. The van der Waals surface area contributed by atoms with Crippen molar-refractivity contribution in [1.29, 1.82) is 0 Å². The number of rotatable bonds is 11. The van der Waals surface area contributed by atoms with E-state index in [0.717, 1.165) is 18.8 Å². The van der Waals surface area contributed by atoms with Crippen LogP contribution in [-0.4, -0.2) is 41.6 Å². The maximum atomic E-state index is 5.60. The fourth-order valence-corrected chi connectivity index (χ4v) is 2.86. The number of hydrogen-bond acceptors (Lipinski definition) is 4. The zero-order valence-electron chi connectivity index (χ0n) is 9.91. The molecule has 0 amide bonds. The van der Waals surface area contributed by atoms with Crippen LogP contribution in [0.15, 0.2) is 0 Å². The fourth-order valence-electron chi connectivity index (χ4n) is 1.18. The van der Waals surface area contributed by atoms with Gasteiger partial charge in [-0.3, -0.25) is 0 Å². The SMILES string of the molecule is CCOC(CCO[SiH2]CCCS)OCC. The van der Waals surface area contributed by atoms with Gasteiger partial charge in [-0.25, -0.2) is 0 Å². The lowest BCUT2D eigenvalue weighted by molar-refractivity contribution is -0.142. The molecular weight excluding hydrogens is 228 g/mol. The molecule has 3 nitrogen and oxygen atoms in total. The van der Waals surface area contributed by atoms with Gasteiger partial charge in [-0.1, -0.05) is 0 Å². The Morgan fingerprint density at radius 3 is 2.40 bits per heavy atom. The lowest BCUT2D eigenvalue weighted by Crippen LogP contribution is -2.20. The molecule has 0 aromatic heterocycles. The van der Waals surface area contributed by atoms with Crippen LogP contribution in [0.1, 0.15) is 26.7 Å². The Bertz CT molecular complexity index is 121. The van der Waals surface area contributed by atoms with E-state index in [1.54, 1.807) is 0 Å². The van der Waals surface area contributed by atoms with Crippen molar-refractivity contribution < 1.29 is 13.9 Å². The minimum Gasteiger partial charge on any atom is -0.424 e. The molecule has 0 saturated heterocycles. The molecule has 5 heteroatoms.